The fourth-order valence-corrected chi connectivity index (χ4v) is 2.91. The molecule has 0 N–H and O–H groups in total. The monoisotopic (exact) mass is 314 g/mol. The molecule has 1 aromatic heterocycles. The van der Waals surface area contributed by atoms with Crippen molar-refractivity contribution in [2.24, 2.45) is 13.0 Å². The normalized spacial score (nSPS) is 14.5. The van der Waals surface area contributed by atoms with E-state index in [0.717, 1.165) is 24.6 Å². The maximum absolute atomic E-state index is 14.2. The zero-order valence-electron chi connectivity index (χ0n) is 14.0. The van der Waals surface area contributed by atoms with Crippen LogP contribution >= 0.6 is 0 Å². The predicted octanol–water partition coefficient (Wildman–Crippen LogP) is 4.05. The van der Waals surface area contributed by atoms with Gasteiger partial charge in [0.15, 0.2) is 0 Å². The summed E-state index contributed by atoms with van der Waals surface area (Å²) in [5.74, 6) is 1.47. The Morgan fingerprint density at radius 1 is 1.35 bits per heavy atom. The van der Waals surface area contributed by atoms with Crippen LogP contribution in [0.15, 0.2) is 29.2 Å². The fourth-order valence-electron chi connectivity index (χ4n) is 2.91. The number of rotatable bonds is 5. The van der Waals surface area contributed by atoms with E-state index >= 15 is 0 Å². The van der Waals surface area contributed by atoms with Gasteiger partial charge in [-0.15, -0.1) is 0 Å². The van der Waals surface area contributed by atoms with E-state index in [0.29, 0.717) is 16.7 Å². The Morgan fingerprint density at radius 3 is 2.70 bits per heavy atom. The smallest absolute Gasteiger partial charge is 0.261 e. The maximum Gasteiger partial charge on any atom is 0.261 e. The third-order valence-electron chi connectivity index (χ3n) is 4.67. The number of hydrogen-bond acceptors (Lipinski definition) is 2. The second-order valence-electron chi connectivity index (χ2n) is 6.83. The molecule has 0 unspecified atom stereocenters. The quantitative estimate of drug-likeness (QED) is 0.834. The van der Waals surface area contributed by atoms with Gasteiger partial charge in [-0.05, 0) is 35.4 Å². The Morgan fingerprint density at radius 2 is 2.09 bits per heavy atom. The van der Waals surface area contributed by atoms with Crippen LogP contribution in [0, 0.1) is 11.7 Å². The van der Waals surface area contributed by atoms with E-state index in [1.807, 2.05) is 13.8 Å². The fraction of sp³-hybridized carbons (Fsp3) is 0.474. The molecule has 0 spiro atoms. The lowest BCUT2D eigenvalue weighted by Crippen LogP contribution is -2.23. The zero-order chi connectivity index (χ0) is 16.6. The van der Waals surface area contributed by atoms with Gasteiger partial charge in [0.25, 0.3) is 5.56 Å². The maximum atomic E-state index is 14.2. The van der Waals surface area contributed by atoms with Crippen molar-refractivity contribution in [3.8, 4) is 11.1 Å². The summed E-state index contributed by atoms with van der Waals surface area (Å²) in [6.45, 7) is 3.90. The minimum Gasteiger partial charge on any atom is -0.299 e. The van der Waals surface area contributed by atoms with Crippen LogP contribution in [0.2, 0.25) is 0 Å². The summed E-state index contributed by atoms with van der Waals surface area (Å²) in [7, 11) is 1.75. The van der Waals surface area contributed by atoms with Gasteiger partial charge in [0.2, 0.25) is 0 Å². The van der Waals surface area contributed by atoms with Gasteiger partial charge in [0.1, 0.15) is 11.6 Å². The first kappa shape index (κ1) is 15.9. The Hall–Kier alpha value is -1.97. The van der Waals surface area contributed by atoms with Crippen LogP contribution in [0.1, 0.15) is 50.4 Å². The van der Waals surface area contributed by atoms with Gasteiger partial charge in [-0.2, -0.15) is 0 Å². The molecular weight excluding hydrogens is 291 g/mol. The molecule has 1 aromatic carbocycles. The first-order chi connectivity index (χ1) is 11.0. The van der Waals surface area contributed by atoms with Crippen LogP contribution in [0.25, 0.3) is 11.1 Å². The number of hydrogen-bond donors (Lipinski definition) is 0. The average Bonchev–Trinajstić information content (AvgIpc) is 3.32. The average molecular weight is 314 g/mol. The third kappa shape index (κ3) is 3.36. The van der Waals surface area contributed by atoms with Crippen molar-refractivity contribution in [2.45, 2.75) is 45.4 Å². The second-order valence-corrected chi connectivity index (χ2v) is 6.83. The molecule has 0 bridgehead atoms. The van der Waals surface area contributed by atoms with Crippen LogP contribution < -0.4 is 5.56 Å². The molecule has 2 aromatic rings. The number of aromatic nitrogens is 2. The molecule has 1 saturated carbocycles. The lowest BCUT2D eigenvalue weighted by molar-refractivity contribution is 0.598. The number of halogens is 1. The summed E-state index contributed by atoms with van der Waals surface area (Å²) in [5, 5.41) is 0. The summed E-state index contributed by atoms with van der Waals surface area (Å²) in [4.78, 5) is 17.0. The van der Waals surface area contributed by atoms with Crippen molar-refractivity contribution < 1.29 is 4.39 Å². The summed E-state index contributed by atoms with van der Waals surface area (Å²) >= 11 is 0. The lowest BCUT2D eigenvalue weighted by atomic mass is 9.99. The molecule has 1 aliphatic rings. The van der Waals surface area contributed by atoms with Gasteiger partial charge >= 0.3 is 0 Å². The predicted molar refractivity (Wildman–Crippen MR) is 90.0 cm³/mol. The molecule has 3 rings (SSSR count). The van der Waals surface area contributed by atoms with Gasteiger partial charge < -0.3 is 0 Å². The number of nitrogens with zero attached hydrogens (tertiary/aromatic N) is 2. The van der Waals surface area contributed by atoms with E-state index in [-0.39, 0.29) is 17.3 Å². The Balaban J connectivity index is 1.92. The molecule has 4 heteroatoms. The van der Waals surface area contributed by atoms with Crippen LogP contribution in [-0.4, -0.2) is 9.55 Å². The molecular formula is C19H23FN2O. The van der Waals surface area contributed by atoms with Crippen LogP contribution in [-0.2, 0) is 13.5 Å². The first-order valence-corrected chi connectivity index (χ1v) is 8.32. The number of aryl methyl sites for hydroxylation is 1. The molecule has 1 fully saturated rings. The van der Waals surface area contributed by atoms with Gasteiger partial charge in [0.05, 0.1) is 5.56 Å². The summed E-state index contributed by atoms with van der Waals surface area (Å²) < 4.78 is 15.8. The molecule has 1 aliphatic carbocycles. The minimum absolute atomic E-state index is 0.109. The molecule has 0 saturated heterocycles. The van der Waals surface area contributed by atoms with Gasteiger partial charge in [-0.25, -0.2) is 9.37 Å². The van der Waals surface area contributed by atoms with Crippen molar-refractivity contribution in [1.29, 1.82) is 0 Å². The van der Waals surface area contributed by atoms with Gasteiger partial charge in [-0.1, -0.05) is 38.8 Å². The van der Waals surface area contributed by atoms with Gasteiger partial charge in [0, 0.05) is 19.7 Å². The second kappa shape index (κ2) is 6.26. The highest BCUT2D eigenvalue weighted by molar-refractivity contribution is 5.62. The van der Waals surface area contributed by atoms with Crippen LogP contribution in [0.5, 0.6) is 0 Å². The lowest BCUT2D eigenvalue weighted by Gasteiger charge is -2.11. The van der Waals surface area contributed by atoms with Crippen LogP contribution in [0.3, 0.4) is 0 Å². The Labute approximate surface area is 136 Å². The Kier molecular flexibility index (Phi) is 4.33. The standard InChI is InChI=1S/C19H23FN2O/c1-12(2)15-8-7-14(10-17(15)20)16-11-21-18(22(3)19(16)23)9-6-13-4-5-13/h7-8,10-13H,4-6,9H2,1-3H3. The molecule has 23 heavy (non-hydrogen) atoms. The molecule has 0 aliphatic heterocycles. The van der Waals surface area contributed by atoms with Gasteiger partial charge in [-0.3, -0.25) is 9.36 Å². The minimum atomic E-state index is -0.266. The van der Waals surface area contributed by atoms with E-state index in [9.17, 15) is 9.18 Å². The van der Waals surface area contributed by atoms with Crippen molar-refractivity contribution in [1.82, 2.24) is 9.55 Å². The molecule has 0 atom stereocenters. The largest absolute Gasteiger partial charge is 0.299 e. The molecule has 3 nitrogen and oxygen atoms in total. The van der Waals surface area contributed by atoms with E-state index in [1.165, 1.54) is 18.9 Å². The topological polar surface area (TPSA) is 34.9 Å². The molecule has 0 amide bonds. The van der Waals surface area contributed by atoms with Crippen molar-refractivity contribution in [3.63, 3.8) is 0 Å². The zero-order valence-corrected chi connectivity index (χ0v) is 14.0. The Bertz CT molecular complexity index is 775. The highest BCUT2D eigenvalue weighted by Crippen LogP contribution is 2.33. The van der Waals surface area contributed by atoms with E-state index in [4.69, 9.17) is 0 Å². The van der Waals surface area contributed by atoms with E-state index in [2.05, 4.69) is 4.98 Å². The summed E-state index contributed by atoms with van der Waals surface area (Å²) in [6, 6.07) is 5.01. The summed E-state index contributed by atoms with van der Waals surface area (Å²) in [5.41, 5.74) is 1.60. The SMILES string of the molecule is CC(C)c1ccc(-c2cnc(CCC3CC3)n(C)c2=O)cc1F. The third-order valence-corrected chi connectivity index (χ3v) is 4.67. The molecule has 0 radical (unpaired) electrons. The van der Waals surface area contributed by atoms with Crippen LogP contribution in [0.4, 0.5) is 4.39 Å². The number of benzene rings is 1. The van der Waals surface area contributed by atoms with Crippen molar-refractivity contribution >= 4 is 0 Å². The highest BCUT2D eigenvalue weighted by atomic mass is 19.1. The van der Waals surface area contributed by atoms with E-state index < -0.39 is 0 Å². The first-order valence-electron chi connectivity index (χ1n) is 8.32. The van der Waals surface area contributed by atoms with E-state index in [1.54, 1.807) is 29.9 Å². The van der Waals surface area contributed by atoms with Crippen molar-refractivity contribution in [3.05, 3.63) is 52.0 Å². The van der Waals surface area contributed by atoms with Crippen molar-refractivity contribution in [2.75, 3.05) is 0 Å². The summed E-state index contributed by atoms with van der Waals surface area (Å²) in [6.07, 6.45) is 6.12. The highest BCUT2D eigenvalue weighted by Gasteiger charge is 2.21. The molecule has 1 heterocycles. The molecule has 122 valence electrons.